The van der Waals surface area contributed by atoms with Gasteiger partial charge in [0.25, 0.3) is 5.91 Å². The van der Waals surface area contributed by atoms with Crippen molar-refractivity contribution in [2.45, 2.75) is 50.1 Å². The molecule has 1 N–H and O–H groups in total. The van der Waals surface area contributed by atoms with Gasteiger partial charge < -0.3 is 24.4 Å². The summed E-state index contributed by atoms with van der Waals surface area (Å²) in [6.07, 6.45) is 3.15. The number of anilines is 1. The van der Waals surface area contributed by atoms with Crippen LogP contribution in [0.25, 0.3) is 0 Å². The second kappa shape index (κ2) is 14.0. The van der Waals surface area contributed by atoms with E-state index in [-0.39, 0.29) is 19.1 Å². The molecule has 228 valence electrons. The fourth-order valence-corrected chi connectivity index (χ4v) is 6.83. The number of hydrogen-bond donors (Lipinski definition) is 1. The van der Waals surface area contributed by atoms with Crippen molar-refractivity contribution in [2.75, 3.05) is 38.7 Å². The number of nitrogens with one attached hydrogen (secondary N) is 1. The third kappa shape index (κ3) is 6.97. The molecule has 10 nitrogen and oxygen atoms in total. The first-order valence-corrected chi connectivity index (χ1v) is 16.2. The summed E-state index contributed by atoms with van der Waals surface area (Å²) in [4.78, 5) is 32.6. The largest absolute Gasteiger partial charge is 0.493 e. The summed E-state index contributed by atoms with van der Waals surface area (Å²) in [5.74, 6) is 1.34. The number of aromatic nitrogens is 3. The molecule has 2 aliphatic rings. The maximum atomic E-state index is 13.3. The van der Waals surface area contributed by atoms with Gasteiger partial charge in [-0.05, 0) is 78.4 Å². The molecule has 1 aromatic heterocycles. The molecule has 13 heteroatoms. The van der Waals surface area contributed by atoms with Crippen LogP contribution in [0.3, 0.4) is 0 Å². The number of halogens is 2. The van der Waals surface area contributed by atoms with Gasteiger partial charge in [-0.25, -0.2) is 9.48 Å². The molecule has 0 saturated carbocycles. The second-order valence-corrected chi connectivity index (χ2v) is 12.3. The van der Waals surface area contributed by atoms with E-state index in [1.54, 1.807) is 17.7 Å². The number of nitrogens with zero attached hydrogens (tertiary/aromatic N) is 4. The van der Waals surface area contributed by atoms with Crippen LogP contribution in [-0.4, -0.2) is 65.0 Å². The number of ether oxygens (including phenoxy) is 3. The Bertz CT molecular complexity index is 1540. The number of hydrogen-bond acceptors (Lipinski definition) is 9. The lowest BCUT2D eigenvalue weighted by atomic mass is 9.95. The lowest BCUT2D eigenvalue weighted by Gasteiger charge is -2.29. The van der Waals surface area contributed by atoms with Gasteiger partial charge in [-0.3, -0.25) is 4.79 Å². The van der Waals surface area contributed by atoms with Gasteiger partial charge in [-0.2, -0.15) is 4.98 Å². The van der Waals surface area contributed by atoms with Gasteiger partial charge in [0.05, 0.1) is 23.8 Å². The third-order valence-corrected chi connectivity index (χ3v) is 9.10. The van der Waals surface area contributed by atoms with Gasteiger partial charge in [-0.1, -0.05) is 41.6 Å². The number of carbonyl (C=O) groups excluding carboxylic acids is 2. The minimum absolute atomic E-state index is 0.0617. The zero-order valence-corrected chi connectivity index (χ0v) is 27.4. The van der Waals surface area contributed by atoms with Crippen molar-refractivity contribution in [1.82, 2.24) is 19.7 Å². The van der Waals surface area contributed by atoms with E-state index in [1.807, 2.05) is 42.2 Å². The van der Waals surface area contributed by atoms with Crippen LogP contribution in [0.15, 0.2) is 57.3 Å². The van der Waals surface area contributed by atoms with E-state index in [0.29, 0.717) is 54.7 Å². The van der Waals surface area contributed by atoms with Gasteiger partial charge in [0.2, 0.25) is 11.1 Å². The van der Waals surface area contributed by atoms with Gasteiger partial charge >= 0.3 is 5.97 Å². The van der Waals surface area contributed by atoms with E-state index in [1.165, 1.54) is 18.9 Å². The van der Waals surface area contributed by atoms with Crippen molar-refractivity contribution in [3.63, 3.8) is 0 Å². The normalized spacial score (nSPS) is 16.4. The summed E-state index contributed by atoms with van der Waals surface area (Å²) >= 11 is 11.4. The van der Waals surface area contributed by atoms with Gasteiger partial charge in [-0.15, -0.1) is 5.10 Å². The lowest BCUT2D eigenvalue weighted by molar-refractivity contribution is -0.139. The average molecular weight is 691 g/mol. The molecule has 0 bridgehead atoms. The average Bonchev–Trinajstić information content (AvgIpc) is 3.41. The first-order valence-electron chi connectivity index (χ1n) is 14.1. The highest BCUT2D eigenvalue weighted by molar-refractivity contribution is 9.10. The highest BCUT2D eigenvalue weighted by Gasteiger charge is 2.36. The van der Waals surface area contributed by atoms with E-state index >= 15 is 0 Å². The fraction of sp³-hybridized carbons (Fsp3) is 0.400. The van der Waals surface area contributed by atoms with E-state index in [0.717, 1.165) is 37.9 Å². The molecule has 5 rings (SSSR count). The van der Waals surface area contributed by atoms with E-state index in [2.05, 4.69) is 21.2 Å². The molecular formula is C30H33BrClN5O5S. The quantitative estimate of drug-likeness (QED) is 0.196. The monoisotopic (exact) mass is 689 g/mol. The molecule has 1 fully saturated rings. The number of carbonyl (C=O) groups is 2. The summed E-state index contributed by atoms with van der Waals surface area (Å²) < 4.78 is 19.4. The number of piperidine rings is 1. The van der Waals surface area contributed by atoms with Crippen molar-refractivity contribution < 1.29 is 23.8 Å². The Labute approximate surface area is 268 Å². The van der Waals surface area contributed by atoms with Gasteiger partial charge in [0, 0.05) is 29.6 Å². The number of benzene rings is 2. The zero-order chi connectivity index (χ0) is 30.5. The smallest absolute Gasteiger partial charge is 0.338 e. The zero-order valence-electron chi connectivity index (χ0n) is 24.2. The molecule has 1 amide bonds. The summed E-state index contributed by atoms with van der Waals surface area (Å²) in [5, 5.41) is 9.20. The third-order valence-electron chi connectivity index (χ3n) is 7.26. The van der Waals surface area contributed by atoms with E-state index in [4.69, 9.17) is 35.9 Å². The first-order chi connectivity index (χ1) is 20.8. The van der Waals surface area contributed by atoms with E-state index in [9.17, 15) is 9.59 Å². The molecule has 1 saturated heterocycles. The number of likely N-dealkylation sites (tertiary alicyclic amines) is 1. The second-order valence-electron chi connectivity index (χ2n) is 10.1. The van der Waals surface area contributed by atoms with Crippen LogP contribution >= 0.6 is 39.3 Å². The number of thioether (sulfide) groups is 1. The Morgan fingerprint density at radius 3 is 2.67 bits per heavy atom. The van der Waals surface area contributed by atoms with Gasteiger partial charge in [0.15, 0.2) is 18.1 Å². The molecule has 0 spiro atoms. The number of rotatable bonds is 10. The van der Waals surface area contributed by atoms with E-state index < -0.39 is 12.0 Å². The van der Waals surface area contributed by atoms with Crippen LogP contribution in [0.4, 0.5) is 5.95 Å². The fourth-order valence-electron chi connectivity index (χ4n) is 5.14. The predicted octanol–water partition coefficient (Wildman–Crippen LogP) is 6.24. The molecule has 0 aliphatic carbocycles. The SMILES string of the molecule is CCOC(=O)C1=C(C)Nc2nc(SCc3ccccc3Cl)nn2C1c1cc(Br)c(OCC(=O)N2CCCCC2)c(OC)c1. The van der Waals surface area contributed by atoms with Crippen LogP contribution in [0, 0.1) is 0 Å². The molecule has 3 aromatic rings. The van der Waals surface area contributed by atoms with Crippen molar-refractivity contribution in [2.24, 2.45) is 0 Å². The highest BCUT2D eigenvalue weighted by Crippen LogP contribution is 2.43. The minimum Gasteiger partial charge on any atom is -0.493 e. The molecule has 0 radical (unpaired) electrons. The predicted molar refractivity (Wildman–Crippen MR) is 169 cm³/mol. The number of methoxy groups -OCH3 is 1. The number of allylic oxidation sites excluding steroid dienone is 1. The Balaban J connectivity index is 1.47. The maximum Gasteiger partial charge on any atom is 0.338 e. The molecule has 3 heterocycles. The van der Waals surface area contributed by atoms with Crippen LogP contribution in [-0.2, 0) is 20.1 Å². The molecule has 1 unspecified atom stereocenters. The molecule has 1 atom stereocenters. The Morgan fingerprint density at radius 2 is 1.95 bits per heavy atom. The summed E-state index contributed by atoms with van der Waals surface area (Å²) in [6, 6.07) is 10.6. The summed E-state index contributed by atoms with van der Waals surface area (Å²) in [6.45, 7) is 5.18. The van der Waals surface area contributed by atoms with Crippen LogP contribution in [0.2, 0.25) is 5.02 Å². The summed E-state index contributed by atoms with van der Waals surface area (Å²) in [7, 11) is 1.53. The van der Waals surface area contributed by atoms with Crippen molar-refractivity contribution >= 4 is 57.1 Å². The summed E-state index contributed by atoms with van der Waals surface area (Å²) in [5.41, 5.74) is 2.66. The number of amides is 1. The lowest BCUT2D eigenvalue weighted by Crippen LogP contribution is -2.38. The number of fused-ring (bicyclic) bond motifs is 1. The van der Waals surface area contributed by atoms with Crippen LogP contribution in [0.1, 0.15) is 50.3 Å². The highest BCUT2D eigenvalue weighted by atomic mass is 79.9. The molecule has 2 aliphatic heterocycles. The topological polar surface area (TPSA) is 108 Å². The Morgan fingerprint density at radius 1 is 1.19 bits per heavy atom. The standard InChI is InChI=1S/C30H33BrClN5O5S/c1-4-41-28(39)25-18(2)33-29-34-30(43-17-19-10-6-7-11-22(19)32)35-37(29)26(25)20-14-21(31)27(23(15-20)40-3)42-16-24(38)36-12-8-5-9-13-36/h6-7,10-11,14-15,26H,4-5,8-9,12-13,16-17H2,1-3H3,(H,33,34,35). The van der Waals surface area contributed by atoms with Crippen molar-refractivity contribution in [3.8, 4) is 11.5 Å². The van der Waals surface area contributed by atoms with Gasteiger partial charge in [0.1, 0.15) is 6.04 Å². The van der Waals surface area contributed by atoms with Crippen molar-refractivity contribution in [3.05, 3.63) is 68.3 Å². The molecule has 2 aromatic carbocycles. The van der Waals surface area contributed by atoms with Crippen LogP contribution < -0.4 is 14.8 Å². The molecular weight excluding hydrogens is 658 g/mol. The minimum atomic E-state index is -0.674. The van der Waals surface area contributed by atoms with Crippen molar-refractivity contribution in [1.29, 1.82) is 0 Å². The maximum absolute atomic E-state index is 13.3. The number of esters is 1. The molecule has 43 heavy (non-hydrogen) atoms. The Hall–Kier alpha value is -3.22. The Kier molecular flexibility index (Phi) is 10.2. The first kappa shape index (κ1) is 31.2. The van der Waals surface area contributed by atoms with Crippen LogP contribution in [0.5, 0.6) is 11.5 Å².